The Morgan fingerprint density at radius 3 is 2.40 bits per heavy atom. The summed E-state index contributed by atoms with van der Waals surface area (Å²) >= 11 is 0. The minimum absolute atomic E-state index is 0.621. The first-order chi connectivity index (χ1) is 4.90. The molecule has 0 spiro atoms. The van der Waals surface area contributed by atoms with E-state index in [-0.39, 0.29) is 0 Å². The normalized spacial score (nSPS) is 26.7. The van der Waals surface area contributed by atoms with Crippen molar-refractivity contribution in [1.82, 2.24) is 0 Å². The summed E-state index contributed by atoms with van der Waals surface area (Å²) in [5, 5.41) is 0. The largest absolute Gasteiger partial charge is 0.484 e. The molecule has 0 aromatic rings. The Bertz CT molecular complexity index is 157. The summed E-state index contributed by atoms with van der Waals surface area (Å²) in [4.78, 5) is 4.46. The topological polar surface area (TPSA) is 21.6 Å². The molecule has 2 aliphatic carbocycles. The molecule has 0 radical (unpaired) electrons. The van der Waals surface area contributed by atoms with Crippen LogP contribution in [-0.4, -0.2) is 19.0 Å². The highest BCUT2D eigenvalue weighted by molar-refractivity contribution is 5.81. The fourth-order valence-corrected chi connectivity index (χ4v) is 1.04. The fourth-order valence-electron chi connectivity index (χ4n) is 1.04. The third-order valence-corrected chi connectivity index (χ3v) is 1.99. The summed E-state index contributed by atoms with van der Waals surface area (Å²) < 4.78 is 5.18. The Balaban J connectivity index is 1.94. The maximum absolute atomic E-state index is 5.18. The summed E-state index contributed by atoms with van der Waals surface area (Å²) in [7, 11) is 1.74. The molecule has 2 nitrogen and oxygen atoms in total. The van der Waals surface area contributed by atoms with Gasteiger partial charge in [-0.1, -0.05) is 0 Å². The van der Waals surface area contributed by atoms with E-state index in [1.54, 1.807) is 7.11 Å². The molecule has 0 heterocycles. The third kappa shape index (κ3) is 1.31. The predicted octanol–water partition coefficient (Wildman–Crippen LogP) is 1.60. The average Bonchev–Trinajstić information content (AvgIpc) is 2.76. The zero-order valence-corrected chi connectivity index (χ0v) is 6.34. The standard InChI is InChI=1S/C8H13NO/c1-10-8(6-2-3-6)9-7-4-5-7/h6-7H,2-5H2,1H3/b9-8-. The zero-order valence-electron chi connectivity index (χ0n) is 6.34. The van der Waals surface area contributed by atoms with Gasteiger partial charge in [-0.25, -0.2) is 0 Å². The van der Waals surface area contributed by atoms with Crippen LogP contribution in [0.2, 0.25) is 0 Å². The Morgan fingerprint density at radius 2 is 2.00 bits per heavy atom. The van der Waals surface area contributed by atoms with E-state index in [2.05, 4.69) is 4.99 Å². The van der Waals surface area contributed by atoms with Crippen LogP contribution >= 0.6 is 0 Å². The van der Waals surface area contributed by atoms with Crippen LogP contribution in [0.3, 0.4) is 0 Å². The molecule has 2 heteroatoms. The van der Waals surface area contributed by atoms with Crippen LogP contribution in [0.5, 0.6) is 0 Å². The molecule has 2 rings (SSSR count). The quantitative estimate of drug-likeness (QED) is 0.420. The molecule has 0 bridgehead atoms. The summed E-state index contributed by atoms with van der Waals surface area (Å²) in [6, 6.07) is 0.621. The van der Waals surface area contributed by atoms with Crippen molar-refractivity contribution in [3.8, 4) is 0 Å². The van der Waals surface area contributed by atoms with E-state index in [0.717, 1.165) is 5.90 Å². The molecule has 2 fully saturated rings. The number of rotatable bonds is 2. The molecule has 0 amide bonds. The van der Waals surface area contributed by atoms with Crippen molar-refractivity contribution in [1.29, 1.82) is 0 Å². The first kappa shape index (κ1) is 6.20. The lowest BCUT2D eigenvalue weighted by molar-refractivity contribution is 0.383. The number of methoxy groups -OCH3 is 1. The average molecular weight is 139 g/mol. The van der Waals surface area contributed by atoms with Crippen LogP contribution in [0.15, 0.2) is 4.99 Å². The molecule has 10 heavy (non-hydrogen) atoms. The monoisotopic (exact) mass is 139 g/mol. The number of aliphatic imine (C=N–C) groups is 1. The first-order valence-electron chi connectivity index (χ1n) is 4.02. The van der Waals surface area contributed by atoms with Gasteiger partial charge in [0.2, 0.25) is 0 Å². The van der Waals surface area contributed by atoms with E-state index in [9.17, 15) is 0 Å². The molecule has 0 aromatic carbocycles. The summed E-state index contributed by atoms with van der Waals surface area (Å²) in [5.41, 5.74) is 0. The van der Waals surface area contributed by atoms with E-state index < -0.39 is 0 Å². The van der Waals surface area contributed by atoms with Gasteiger partial charge in [0.1, 0.15) is 0 Å². The molecule has 0 aromatic heterocycles. The van der Waals surface area contributed by atoms with Gasteiger partial charge in [0.15, 0.2) is 5.90 Å². The Hall–Kier alpha value is -0.530. The molecule has 0 N–H and O–H groups in total. The van der Waals surface area contributed by atoms with Gasteiger partial charge in [-0.05, 0) is 25.7 Å². The second-order valence-corrected chi connectivity index (χ2v) is 3.18. The lowest BCUT2D eigenvalue weighted by Crippen LogP contribution is -2.04. The van der Waals surface area contributed by atoms with E-state index >= 15 is 0 Å². The van der Waals surface area contributed by atoms with Crippen molar-refractivity contribution in [2.75, 3.05) is 7.11 Å². The second-order valence-electron chi connectivity index (χ2n) is 3.18. The van der Waals surface area contributed by atoms with Crippen molar-refractivity contribution in [3.05, 3.63) is 0 Å². The molecule has 2 saturated carbocycles. The summed E-state index contributed by atoms with van der Waals surface area (Å²) in [6.45, 7) is 0. The van der Waals surface area contributed by atoms with E-state index in [0.29, 0.717) is 12.0 Å². The van der Waals surface area contributed by atoms with Crippen LogP contribution in [0.25, 0.3) is 0 Å². The third-order valence-electron chi connectivity index (χ3n) is 1.99. The Morgan fingerprint density at radius 1 is 1.30 bits per heavy atom. The van der Waals surface area contributed by atoms with Gasteiger partial charge in [-0.3, -0.25) is 4.99 Å². The molecule has 56 valence electrons. The van der Waals surface area contributed by atoms with Gasteiger partial charge in [0.05, 0.1) is 13.2 Å². The molecule has 0 saturated heterocycles. The van der Waals surface area contributed by atoms with Crippen molar-refractivity contribution in [3.63, 3.8) is 0 Å². The van der Waals surface area contributed by atoms with Gasteiger partial charge in [-0.2, -0.15) is 0 Å². The van der Waals surface area contributed by atoms with Crippen LogP contribution in [0.4, 0.5) is 0 Å². The van der Waals surface area contributed by atoms with Crippen molar-refractivity contribution in [2.45, 2.75) is 31.7 Å². The van der Waals surface area contributed by atoms with Gasteiger partial charge in [0, 0.05) is 5.92 Å². The molecule has 0 atom stereocenters. The smallest absolute Gasteiger partial charge is 0.186 e. The van der Waals surface area contributed by atoms with E-state index in [4.69, 9.17) is 4.74 Å². The lowest BCUT2D eigenvalue weighted by Gasteiger charge is -2.00. The summed E-state index contributed by atoms with van der Waals surface area (Å²) in [6.07, 6.45) is 5.14. The van der Waals surface area contributed by atoms with Crippen LogP contribution in [-0.2, 0) is 4.74 Å². The highest BCUT2D eigenvalue weighted by Gasteiger charge is 2.31. The van der Waals surface area contributed by atoms with Gasteiger partial charge < -0.3 is 4.74 Å². The molecular formula is C8H13NO. The summed E-state index contributed by atoms with van der Waals surface area (Å²) in [5.74, 6) is 1.70. The lowest BCUT2D eigenvalue weighted by atomic mass is 10.4. The SMILES string of the molecule is CO/C(=N\C1CC1)C1CC1. The van der Waals surface area contributed by atoms with Crippen molar-refractivity contribution in [2.24, 2.45) is 10.9 Å². The number of nitrogens with zero attached hydrogens (tertiary/aromatic N) is 1. The molecule has 0 aliphatic heterocycles. The molecule has 0 unspecified atom stereocenters. The maximum atomic E-state index is 5.18. The van der Waals surface area contributed by atoms with Crippen LogP contribution in [0, 0.1) is 5.92 Å². The molecule has 2 aliphatic rings. The number of hydrogen-bond acceptors (Lipinski definition) is 2. The zero-order chi connectivity index (χ0) is 6.97. The second kappa shape index (κ2) is 2.26. The minimum Gasteiger partial charge on any atom is -0.484 e. The number of hydrogen-bond donors (Lipinski definition) is 0. The van der Waals surface area contributed by atoms with Gasteiger partial charge in [-0.15, -0.1) is 0 Å². The van der Waals surface area contributed by atoms with Crippen molar-refractivity contribution < 1.29 is 4.74 Å². The minimum atomic E-state index is 0.621. The van der Waals surface area contributed by atoms with Crippen molar-refractivity contribution >= 4 is 5.90 Å². The maximum Gasteiger partial charge on any atom is 0.186 e. The highest BCUT2D eigenvalue weighted by Crippen LogP contribution is 2.33. The van der Waals surface area contributed by atoms with E-state index in [1.165, 1.54) is 25.7 Å². The first-order valence-corrected chi connectivity index (χ1v) is 4.02. The number of ether oxygens (including phenoxy) is 1. The highest BCUT2D eigenvalue weighted by atomic mass is 16.5. The Kier molecular flexibility index (Phi) is 1.40. The van der Waals surface area contributed by atoms with Crippen LogP contribution < -0.4 is 0 Å². The van der Waals surface area contributed by atoms with Crippen LogP contribution in [0.1, 0.15) is 25.7 Å². The Labute approximate surface area is 61.3 Å². The van der Waals surface area contributed by atoms with Gasteiger partial charge in [0.25, 0.3) is 0 Å². The molecular weight excluding hydrogens is 126 g/mol. The predicted molar refractivity (Wildman–Crippen MR) is 40.2 cm³/mol. The fraction of sp³-hybridized carbons (Fsp3) is 0.875. The van der Waals surface area contributed by atoms with E-state index in [1.807, 2.05) is 0 Å². The van der Waals surface area contributed by atoms with Gasteiger partial charge >= 0.3 is 0 Å².